The number of nitrogens with zero attached hydrogens (tertiary/aromatic N) is 1. The van der Waals surface area contributed by atoms with Gasteiger partial charge in [0.2, 0.25) is 0 Å². The van der Waals surface area contributed by atoms with Gasteiger partial charge in [-0.25, -0.2) is 4.79 Å². The molecule has 0 aromatic heterocycles. The van der Waals surface area contributed by atoms with Crippen molar-refractivity contribution in [1.82, 2.24) is 5.32 Å². The molecule has 0 bridgehead atoms. The van der Waals surface area contributed by atoms with Gasteiger partial charge in [-0.3, -0.25) is 9.69 Å². The van der Waals surface area contributed by atoms with Crippen molar-refractivity contribution in [2.75, 3.05) is 10.2 Å². The van der Waals surface area contributed by atoms with E-state index in [0.717, 1.165) is 5.56 Å². The first-order chi connectivity index (χ1) is 13.2. The molecule has 1 heterocycles. The molecule has 0 spiro atoms. The maximum absolute atomic E-state index is 12.8. The quantitative estimate of drug-likeness (QED) is 0.823. The molecular formula is C22H27N3O3. The van der Waals surface area contributed by atoms with Crippen LogP contribution in [0.15, 0.2) is 48.5 Å². The lowest BCUT2D eigenvalue weighted by Crippen LogP contribution is -2.45. The summed E-state index contributed by atoms with van der Waals surface area (Å²) in [6.07, 6.45) is -0.600. The van der Waals surface area contributed by atoms with Crippen LogP contribution in [0, 0.1) is 0 Å². The molecule has 3 rings (SSSR count). The van der Waals surface area contributed by atoms with Gasteiger partial charge in [0.25, 0.3) is 5.91 Å². The highest BCUT2D eigenvalue weighted by Gasteiger charge is 2.35. The molecule has 0 saturated carbocycles. The first-order valence-corrected chi connectivity index (χ1v) is 9.43. The van der Waals surface area contributed by atoms with Gasteiger partial charge in [0.1, 0.15) is 5.75 Å². The summed E-state index contributed by atoms with van der Waals surface area (Å²) in [4.78, 5) is 26.7. The normalized spacial score (nSPS) is 17.4. The number of hydrogen-bond donors (Lipinski definition) is 2. The molecule has 0 saturated heterocycles. The second kappa shape index (κ2) is 7.54. The van der Waals surface area contributed by atoms with E-state index >= 15 is 0 Å². The molecule has 0 radical (unpaired) electrons. The molecule has 0 fully saturated rings. The Morgan fingerprint density at radius 3 is 2.46 bits per heavy atom. The summed E-state index contributed by atoms with van der Waals surface area (Å²) < 4.78 is 5.82. The Kier molecular flexibility index (Phi) is 5.31. The van der Waals surface area contributed by atoms with E-state index in [2.05, 4.69) is 10.6 Å². The molecule has 2 aromatic rings. The van der Waals surface area contributed by atoms with Crippen LogP contribution in [0.2, 0.25) is 0 Å². The largest absolute Gasteiger partial charge is 0.479 e. The van der Waals surface area contributed by atoms with Crippen LogP contribution in [0.1, 0.15) is 46.2 Å². The number of urea groups is 1. The van der Waals surface area contributed by atoms with Crippen molar-refractivity contribution in [3.63, 3.8) is 0 Å². The number of benzene rings is 2. The Morgan fingerprint density at radius 1 is 1.14 bits per heavy atom. The second-order valence-corrected chi connectivity index (χ2v) is 8.07. The molecule has 1 aliphatic rings. The summed E-state index contributed by atoms with van der Waals surface area (Å²) in [5.41, 5.74) is 2.01. The monoisotopic (exact) mass is 381 g/mol. The zero-order valence-electron chi connectivity index (χ0n) is 16.9. The summed E-state index contributed by atoms with van der Waals surface area (Å²) in [5.74, 6) is 0.485. The van der Waals surface area contributed by atoms with Gasteiger partial charge in [-0.1, -0.05) is 30.3 Å². The number of rotatable bonds is 3. The summed E-state index contributed by atoms with van der Waals surface area (Å²) >= 11 is 0. The van der Waals surface area contributed by atoms with E-state index in [4.69, 9.17) is 4.74 Å². The van der Waals surface area contributed by atoms with Crippen LogP contribution in [0.25, 0.3) is 0 Å². The number of carbonyl (C=O) groups excluding carboxylic acids is 2. The van der Waals surface area contributed by atoms with Gasteiger partial charge in [0.05, 0.1) is 11.7 Å². The average Bonchev–Trinajstić information content (AvgIpc) is 2.61. The Labute approximate surface area is 165 Å². The number of carbonyl (C=O) groups is 2. The molecule has 2 N–H and O–H groups in total. The Bertz CT molecular complexity index is 874. The molecule has 0 aliphatic carbocycles. The van der Waals surface area contributed by atoms with Gasteiger partial charge in [-0.15, -0.1) is 0 Å². The molecule has 2 atom stereocenters. The van der Waals surface area contributed by atoms with Crippen molar-refractivity contribution in [2.45, 2.75) is 52.3 Å². The highest BCUT2D eigenvalue weighted by molar-refractivity contribution is 6.01. The molecule has 1 aliphatic heterocycles. The molecule has 28 heavy (non-hydrogen) atoms. The average molecular weight is 381 g/mol. The van der Waals surface area contributed by atoms with Crippen LogP contribution in [0.4, 0.5) is 16.2 Å². The third kappa shape index (κ3) is 4.27. The maximum Gasteiger partial charge on any atom is 0.319 e. The molecule has 148 valence electrons. The minimum absolute atomic E-state index is 0.0879. The molecule has 6 heteroatoms. The number of hydrogen-bond acceptors (Lipinski definition) is 3. The zero-order chi connectivity index (χ0) is 20.5. The summed E-state index contributed by atoms with van der Waals surface area (Å²) in [7, 11) is 0. The van der Waals surface area contributed by atoms with Crippen molar-refractivity contribution >= 4 is 23.3 Å². The van der Waals surface area contributed by atoms with E-state index in [9.17, 15) is 9.59 Å². The first kappa shape index (κ1) is 19.7. The van der Waals surface area contributed by atoms with Crippen molar-refractivity contribution in [3.05, 3.63) is 54.1 Å². The lowest BCUT2D eigenvalue weighted by atomic mass is 10.0. The van der Waals surface area contributed by atoms with E-state index in [1.54, 1.807) is 24.0 Å². The van der Waals surface area contributed by atoms with Crippen LogP contribution < -0.4 is 20.3 Å². The zero-order valence-corrected chi connectivity index (χ0v) is 16.9. The lowest BCUT2D eigenvalue weighted by Gasteiger charge is -2.37. The molecule has 2 aromatic carbocycles. The lowest BCUT2D eigenvalue weighted by molar-refractivity contribution is -0.126. The Balaban J connectivity index is 1.89. The fourth-order valence-electron chi connectivity index (χ4n) is 3.22. The third-order valence-corrected chi connectivity index (χ3v) is 4.52. The van der Waals surface area contributed by atoms with Crippen molar-refractivity contribution in [2.24, 2.45) is 0 Å². The molecule has 0 unspecified atom stereocenters. The Hall–Kier alpha value is -3.02. The van der Waals surface area contributed by atoms with Crippen LogP contribution in [-0.4, -0.2) is 23.6 Å². The van der Waals surface area contributed by atoms with Crippen LogP contribution >= 0.6 is 0 Å². The van der Waals surface area contributed by atoms with Gasteiger partial charge < -0.3 is 15.4 Å². The fourth-order valence-corrected chi connectivity index (χ4v) is 3.22. The molecule has 6 nitrogen and oxygen atoms in total. The summed E-state index contributed by atoms with van der Waals surface area (Å²) in [5, 5.41) is 5.67. The highest BCUT2D eigenvalue weighted by Crippen LogP contribution is 2.40. The highest BCUT2D eigenvalue weighted by atomic mass is 16.5. The number of ether oxygens (including phenoxy) is 1. The van der Waals surface area contributed by atoms with E-state index in [1.165, 1.54) is 0 Å². The number of amides is 3. The molecular weight excluding hydrogens is 354 g/mol. The standard InChI is InChI=1S/C22H27N3O3/c1-14(16-9-7-6-8-10-16)25-18-12-11-17(23-21(27)24-22(3,4)5)13-19(18)28-15(2)20(25)26/h6-15H,1-5H3,(H2,23,24,27)/t14-,15+/m0/s1. The van der Waals surface area contributed by atoms with E-state index in [0.29, 0.717) is 17.1 Å². The topological polar surface area (TPSA) is 70.7 Å². The van der Waals surface area contributed by atoms with Crippen molar-refractivity contribution in [3.8, 4) is 5.75 Å². The smallest absolute Gasteiger partial charge is 0.319 e. The fraction of sp³-hybridized carbons (Fsp3) is 0.364. The van der Waals surface area contributed by atoms with E-state index in [1.807, 2.05) is 64.1 Å². The number of nitrogens with one attached hydrogen (secondary N) is 2. The first-order valence-electron chi connectivity index (χ1n) is 9.43. The van der Waals surface area contributed by atoms with Crippen molar-refractivity contribution in [1.29, 1.82) is 0 Å². The maximum atomic E-state index is 12.8. The van der Waals surface area contributed by atoms with Gasteiger partial charge in [-0.05, 0) is 52.3 Å². The minimum atomic E-state index is -0.600. The molecule has 3 amide bonds. The van der Waals surface area contributed by atoms with Crippen molar-refractivity contribution < 1.29 is 14.3 Å². The third-order valence-electron chi connectivity index (χ3n) is 4.52. The van der Waals surface area contributed by atoms with Crippen LogP contribution in [-0.2, 0) is 4.79 Å². The second-order valence-electron chi connectivity index (χ2n) is 8.07. The van der Waals surface area contributed by atoms with Crippen LogP contribution in [0.5, 0.6) is 5.75 Å². The predicted octanol–water partition coefficient (Wildman–Crippen LogP) is 4.48. The predicted molar refractivity (Wildman–Crippen MR) is 111 cm³/mol. The SMILES string of the molecule is C[C@H]1Oc2cc(NC(=O)NC(C)(C)C)ccc2N([C@@H](C)c2ccccc2)C1=O. The summed E-state index contributed by atoms with van der Waals surface area (Å²) in [6.45, 7) is 9.48. The van der Waals surface area contributed by atoms with Gasteiger partial charge in [0.15, 0.2) is 6.10 Å². The van der Waals surface area contributed by atoms with Gasteiger partial charge >= 0.3 is 6.03 Å². The van der Waals surface area contributed by atoms with Gasteiger partial charge in [0, 0.05) is 17.3 Å². The van der Waals surface area contributed by atoms with Gasteiger partial charge in [-0.2, -0.15) is 0 Å². The Morgan fingerprint density at radius 2 is 1.82 bits per heavy atom. The number of fused-ring (bicyclic) bond motifs is 1. The van der Waals surface area contributed by atoms with E-state index < -0.39 is 6.10 Å². The summed E-state index contributed by atoms with van der Waals surface area (Å²) in [6, 6.07) is 14.8. The van der Waals surface area contributed by atoms with Crippen LogP contribution in [0.3, 0.4) is 0 Å². The van der Waals surface area contributed by atoms with E-state index in [-0.39, 0.29) is 23.5 Å². The number of anilines is 2. The minimum Gasteiger partial charge on any atom is -0.479 e.